The summed E-state index contributed by atoms with van der Waals surface area (Å²) < 4.78 is 38.4. The van der Waals surface area contributed by atoms with Crippen molar-refractivity contribution in [3.05, 3.63) is 35.4 Å². The molecule has 1 heterocycles. The molecule has 0 radical (unpaired) electrons. The standard InChI is InChI=1S/C16H19F3N2O/c17-16(18,19)12-6-4-5-11(9-12)13-10-20-15(14(22)21-13)7-2-1-3-8-15/h4-6,9,13,20H,1-3,7-8,10H2,(H,21,22). The van der Waals surface area contributed by atoms with E-state index in [2.05, 4.69) is 10.6 Å². The van der Waals surface area contributed by atoms with Crippen LogP contribution >= 0.6 is 0 Å². The molecule has 6 heteroatoms. The van der Waals surface area contributed by atoms with Crippen molar-refractivity contribution in [2.24, 2.45) is 0 Å². The lowest BCUT2D eigenvalue weighted by atomic mass is 9.79. The fourth-order valence-corrected chi connectivity index (χ4v) is 3.42. The minimum absolute atomic E-state index is 0.0825. The van der Waals surface area contributed by atoms with Crippen LogP contribution in [0.1, 0.15) is 49.3 Å². The Morgan fingerprint density at radius 1 is 1.14 bits per heavy atom. The SMILES string of the molecule is O=C1NC(c2cccc(C(F)(F)F)c2)CNC12CCCCC2. The molecule has 0 bridgehead atoms. The van der Waals surface area contributed by atoms with Gasteiger partial charge in [0.2, 0.25) is 5.91 Å². The van der Waals surface area contributed by atoms with E-state index in [1.54, 1.807) is 6.07 Å². The molecule has 1 unspecified atom stereocenters. The average Bonchev–Trinajstić information content (AvgIpc) is 2.50. The van der Waals surface area contributed by atoms with Gasteiger partial charge in [-0.05, 0) is 30.5 Å². The zero-order valence-electron chi connectivity index (χ0n) is 12.2. The number of halogens is 3. The molecule has 1 spiro atoms. The van der Waals surface area contributed by atoms with Crippen LogP contribution in [0.15, 0.2) is 24.3 Å². The Kier molecular flexibility index (Phi) is 3.89. The molecule has 1 aliphatic carbocycles. The number of carbonyl (C=O) groups is 1. The second-order valence-corrected chi connectivity index (χ2v) is 6.17. The first-order valence-electron chi connectivity index (χ1n) is 7.64. The van der Waals surface area contributed by atoms with Gasteiger partial charge in [0, 0.05) is 6.54 Å². The molecule has 3 nitrogen and oxygen atoms in total. The summed E-state index contributed by atoms with van der Waals surface area (Å²) in [6, 6.07) is 4.76. The Hall–Kier alpha value is -1.56. The molecule has 2 fully saturated rings. The Labute approximate surface area is 127 Å². The summed E-state index contributed by atoms with van der Waals surface area (Å²) in [5.41, 5.74) is -0.713. The summed E-state index contributed by atoms with van der Waals surface area (Å²) in [7, 11) is 0. The van der Waals surface area contributed by atoms with Crippen LogP contribution in [-0.4, -0.2) is 18.0 Å². The number of rotatable bonds is 1. The predicted molar refractivity (Wildman–Crippen MR) is 76.1 cm³/mol. The molecule has 1 saturated carbocycles. The topological polar surface area (TPSA) is 41.1 Å². The quantitative estimate of drug-likeness (QED) is 0.836. The van der Waals surface area contributed by atoms with E-state index in [0.29, 0.717) is 12.1 Å². The number of amides is 1. The maximum atomic E-state index is 12.8. The Morgan fingerprint density at radius 2 is 1.86 bits per heavy atom. The third-order valence-electron chi connectivity index (χ3n) is 4.71. The lowest BCUT2D eigenvalue weighted by Crippen LogP contribution is -2.64. The summed E-state index contributed by atoms with van der Waals surface area (Å²) in [4.78, 5) is 12.4. The van der Waals surface area contributed by atoms with Crippen LogP contribution in [0, 0.1) is 0 Å². The van der Waals surface area contributed by atoms with E-state index in [1.165, 1.54) is 6.07 Å². The van der Waals surface area contributed by atoms with E-state index in [0.717, 1.165) is 44.2 Å². The summed E-state index contributed by atoms with van der Waals surface area (Å²) in [5, 5.41) is 6.20. The van der Waals surface area contributed by atoms with Gasteiger partial charge < -0.3 is 10.6 Å². The van der Waals surface area contributed by atoms with Crippen LogP contribution in [0.3, 0.4) is 0 Å². The highest BCUT2D eigenvalue weighted by molar-refractivity contribution is 5.87. The number of piperazine rings is 1. The maximum absolute atomic E-state index is 12.8. The Bertz CT molecular complexity index is 565. The van der Waals surface area contributed by atoms with Crippen LogP contribution in [0.25, 0.3) is 0 Å². The van der Waals surface area contributed by atoms with Gasteiger partial charge in [-0.3, -0.25) is 4.79 Å². The second-order valence-electron chi connectivity index (χ2n) is 6.17. The van der Waals surface area contributed by atoms with Gasteiger partial charge in [-0.25, -0.2) is 0 Å². The number of nitrogens with one attached hydrogen (secondary N) is 2. The molecule has 2 N–H and O–H groups in total. The molecule has 1 aromatic carbocycles. The Balaban J connectivity index is 1.77. The number of hydrogen-bond donors (Lipinski definition) is 2. The number of alkyl halides is 3. The van der Waals surface area contributed by atoms with E-state index in [9.17, 15) is 18.0 Å². The molecule has 0 aromatic heterocycles. The van der Waals surface area contributed by atoms with Gasteiger partial charge in [0.05, 0.1) is 17.1 Å². The van der Waals surface area contributed by atoms with E-state index in [-0.39, 0.29) is 5.91 Å². The van der Waals surface area contributed by atoms with Crippen LogP contribution in [0.4, 0.5) is 13.2 Å². The van der Waals surface area contributed by atoms with Gasteiger partial charge in [0.1, 0.15) is 0 Å². The molecule has 22 heavy (non-hydrogen) atoms. The third kappa shape index (κ3) is 2.84. The minimum atomic E-state index is -4.37. The van der Waals surface area contributed by atoms with Gasteiger partial charge in [-0.2, -0.15) is 13.2 Å². The van der Waals surface area contributed by atoms with Gasteiger partial charge in [-0.15, -0.1) is 0 Å². The molecule has 120 valence electrons. The lowest BCUT2D eigenvalue weighted by Gasteiger charge is -2.43. The van der Waals surface area contributed by atoms with Crippen molar-refractivity contribution >= 4 is 5.91 Å². The molecule has 2 aliphatic rings. The largest absolute Gasteiger partial charge is 0.416 e. The van der Waals surface area contributed by atoms with E-state index in [4.69, 9.17) is 0 Å². The first-order valence-corrected chi connectivity index (χ1v) is 7.64. The van der Waals surface area contributed by atoms with Crippen molar-refractivity contribution in [2.45, 2.75) is 49.9 Å². The van der Waals surface area contributed by atoms with E-state index in [1.807, 2.05) is 0 Å². The highest BCUT2D eigenvalue weighted by Gasteiger charge is 2.43. The molecular formula is C16H19F3N2O. The fourth-order valence-electron chi connectivity index (χ4n) is 3.42. The maximum Gasteiger partial charge on any atom is 0.416 e. The number of carbonyl (C=O) groups excluding carboxylic acids is 1. The van der Waals surface area contributed by atoms with Gasteiger partial charge in [0.25, 0.3) is 0 Å². The monoisotopic (exact) mass is 312 g/mol. The van der Waals surface area contributed by atoms with Crippen LogP contribution < -0.4 is 10.6 Å². The molecule has 1 amide bonds. The third-order valence-corrected chi connectivity index (χ3v) is 4.71. The normalized spacial score (nSPS) is 25.0. The second kappa shape index (κ2) is 5.57. The molecule has 1 saturated heterocycles. The predicted octanol–water partition coefficient (Wildman–Crippen LogP) is 3.17. The first kappa shape index (κ1) is 15.3. The highest BCUT2D eigenvalue weighted by Crippen LogP contribution is 2.34. The fraction of sp³-hybridized carbons (Fsp3) is 0.562. The first-order chi connectivity index (χ1) is 10.4. The van der Waals surface area contributed by atoms with Crippen molar-refractivity contribution < 1.29 is 18.0 Å². The molecule has 3 rings (SSSR count). The van der Waals surface area contributed by atoms with E-state index < -0.39 is 23.3 Å². The van der Waals surface area contributed by atoms with E-state index >= 15 is 0 Å². The number of hydrogen-bond acceptors (Lipinski definition) is 2. The van der Waals surface area contributed by atoms with Crippen LogP contribution in [0.2, 0.25) is 0 Å². The summed E-state index contributed by atoms with van der Waals surface area (Å²) in [6.45, 7) is 0.465. The van der Waals surface area contributed by atoms with Crippen LogP contribution in [-0.2, 0) is 11.0 Å². The average molecular weight is 312 g/mol. The van der Waals surface area contributed by atoms with Crippen molar-refractivity contribution in [3.8, 4) is 0 Å². The highest BCUT2D eigenvalue weighted by atomic mass is 19.4. The van der Waals surface area contributed by atoms with Crippen molar-refractivity contribution in [3.63, 3.8) is 0 Å². The minimum Gasteiger partial charge on any atom is -0.346 e. The van der Waals surface area contributed by atoms with Crippen LogP contribution in [0.5, 0.6) is 0 Å². The number of benzene rings is 1. The molecule has 1 atom stereocenters. The molecule has 1 aromatic rings. The van der Waals surface area contributed by atoms with Gasteiger partial charge in [-0.1, -0.05) is 31.4 Å². The van der Waals surface area contributed by atoms with Gasteiger partial charge in [0.15, 0.2) is 0 Å². The lowest BCUT2D eigenvalue weighted by molar-refractivity contribution is -0.137. The molecular weight excluding hydrogens is 293 g/mol. The summed E-state index contributed by atoms with van der Waals surface area (Å²) in [6.07, 6.45) is 0.381. The smallest absolute Gasteiger partial charge is 0.346 e. The molecule has 1 aliphatic heterocycles. The van der Waals surface area contributed by atoms with Crippen molar-refractivity contribution in [1.29, 1.82) is 0 Å². The van der Waals surface area contributed by atoms with Gasteiger partial charge >= 0.3 is 6.18 Å². The summed E-state index contributed by atoms with van der Waals surface area (Å²) in [5.74, 6) is -0.0825. The zero-order chi connectivity index (χ0) is 15.8. The van der Waals surface area contributed by atoms with Crippen molar-refractivity contribution in [2.75, 3.05) is 6.54 Å². The van der Waals surface area contributed by atoms with Crippen molar-refractivity contribution in [1.82, 2.24) is 10.6 Å². The Morgan fingerprint density at radius 3 is 2.50 bits per heavy atom. The summed E-state index contributed by atoms with van der Waals surface area (Å²) >= 11 is 0. The zero-order valence-corrected chi connectivity index (χ0v) is 12.2.